The van der Waals surface area contributed by atoms with E-state index in [0.29, 0.717) is 10.6 Å². The maximum absolute atomic E-state index is 13.0. The summed E-state index contributed by atoms with van der Waals surface area (Å²) in [6.07, 6.45) is 0.114. The molecule has 0 spiro atoms. The third kappa shape index (κ3) is 3.28. The minimum absolute atomic E-state index is 0.114. The summed E-state index contributed by atoms with van der Waals surface area (Å²) in [5, 5.41) is 0.152. The molecule has 1 unspecified atom stereocenters. The van der Waals surface area contributed by atoms with Gasteiger partial charge in [-0.25, -0.2) is 0 Å². The summed E-state index contributed by atoms with van der Waals surface area (Å²) >= 11 is 7.51. The first kappa shape index (κ1) is 16.9. The number of carbonyl (C=O) groups is 2. The molecule has 0 bridgehead atoms. The van der Waals surface area contributed by atoms with E-state index in [-0.39, 0.29) is 23.7 Å². The summed E-state index contributed by atoms with van der Waals surface area (Å²) in [5.41, 5.74) is 2.40. The number of fused-ring (bicyclic) bond motifs is 1. The average Bonchev–Trinajstić information content (AvgIpc) is 2.57. The van der Waals surface area contributed by atoms with Crippen LogP contribution in [0.3, 0.4) is 0 Å². The lowest BCUT2D eigenvalue weighted by atomic mass is 10.1. The Morgan fingerprint density at radius 3 is 2.62 bits per heavy atom. The zero-order valence-corrected chi connectivity index (χ0v) is 14.9. The summed E-state index contributed by atoms with van der Waals surface area (Å²) in [4.78, 5) is 27.3. The first-order valence-electron chi connectivity index (χ1n) is 7.43. The molecule has 1 amide bonds. The lowest BCUT2D eigenvalue weighted by molar-refractivity contribution is -0.140. The maximum atomic E-state index is 13.0. The molecule has 1 atom stereocenters. The van der Waals surface area contributed by atoms with Gasteiger partial charge < -0.3 is 4.74 Å². The molecule has 0 N–H and O–H groups in total. The monoisotopic (exact) mass is 361 g/mol. The van der Waals surface area contributed by atoms with Crippen LogP contribution in [0.1, 0.15) is 22.3 Å². The molecule has 4 nitrogen and oxygen atoms in total. The van der Waals surface area contributed by atoms with Crippen LogP contribution >= 0.6 is 23.4 Å². The quantitative estimate of drug-likeness (QED) is 0.765. The number of carbonyl (C=O) groups excluding carboxylic acids is 2. The van der Waals surface area contributed by atoms with Gasteiger partial charge in [-0.15, -0.1) is 0 Å². The predicted octanol–water partition coefficient (Wildman–Crippen LogP) is 4.29. The van der Waals surface area contributed by atoms with Crippen LogP contribution in [0.5, 0.6) is 0 Å². The van der Waals surface area contributed by atoms with Gasteiger partial charge in [0.15, 0.2) is 0 Å². The highest BCUT2D eigenvalue weighted by molar-refractivity contribution is 8.00. The summed E-state index contributed by atoms with van der Waals surface area (Å²) < 4.78 is 4.79. The number of hydrogen-bond acceptors (Lipinski definition) is 4. The molecule has 0 aliphatic carbocycles. The summed E-state index contributed by atoms with van der Waals surface area (Å²) in [5.74, 6) is -0.515. The van der Waals surface area contributed by atoms with E-state index in [0.717, 1.165) is 16.1 Å². The van der Waals surface area contributed by atoms with Gasteiger partial charge in [-0.1, -0.05) is 41.1 Å². The standard InChI is InChI=1S/C18H16ClNO3S/c1-11-3-6-13(7-4-11)20-16(10-17(21)23-2)24-15-8-5-12(19)9-14(15)18(20)22/h3-9,16H,10H2,1-2H3. The lowest BCUT2D eigenvalue weighted by Gasteiger charge is -2.35. The number of amides is 1. The molecule has 124 valence electrons. The number of methoxy groups -OCH3 is 1. The Hall–Kier alpha value is -1.98. The topological polar surface area (TPSA) is 46.6 Å². The van der Waals surface area contributed by atoms with Gasteiger partial charge in [-0.05, 0) is 37.3 Å². The van der Waals surface area contributed by atoms with Crippen molar-refractivity contribution in [2.45, 2.75) is 23.6 Å². The molecule has 0 aromatic heterocycles. The molecular weight excluding hydrogens is 346 g/mol. The van der Waals surface area contributed by atoms with Crippen molar-refractivity contribution < 1.29 is 14.3 Å². The molecule has 0 fully saturated rings. The van der Waals surface area contributed by atoms with Gasteiger partial charge in [0.2, 0.25) is 0 Å². The second kappa shape index (κ2) is 6.87. The first-order chi connectivity index (χ1) is 11.5. The van der Waals surface area contributed by atoms with E-state index >= 15 is 0 Å². The largest absolute Gasteiger partial charge is 0.469 e. The van der Waals surface area contributed by atoms with Gasteiger partial charge in [-0.3, -0.25) is 14.5 Å². The van der Waals surface area contributed by atoms with Gasteiger partial charge in [0.1, 0.15) is 0 Å². The number of hydrogen-bond donors (Lipinski definition) is 0. The van der Waals surface area contributed by atoms with E-state index in [9.17, 15) is 9.59 Å². The van der Waals surface area contributed by atoms with Crippen molar-refractivity contribution in [2.75, 3.05) is 12.0 Å². The number of ether oxygens (including phenoxy) is 1. The average molecular weight is 362 g/mol. The van der Waals surface area contributed by atoms with Crippen molar-refractivity contribution in [1.29, 1.82) is 0 Å². The fourth-order valence-electron chi connectivity index (χ4n) is 2.58. The third-order valence-corrected chi connectivity index (χ3v) is 5.32. The SMILES string of the molecule is COC(=O)CC1Sc2ccc(Cl)cc2C(=O)N1c1ccc(C)cc1. The zero-order valence-electron chi connectivity index (χ0n) is 13.3. The number of nitrogens with zero attached hydrogens (tertiary/aromatic N) is 1. The number of rotatable bonds is 3. The Labute approximate surface area is 149 Å². The van der Waals surface area contributed by atoms with E-state index < -0.39 is 0 Å². The second-order valence-corrected chi connectivity index (χ2v) is 7.16. The van der Waals surface area contributed by atoms with Gasteiger partial charge in [0.25, 0.3) is 5.91 Å². The molecule has 2 aromatic carbocycles. The van der Waals surface area contributed by atoms with Crippen molar-refractivity contribution in [1.82, 2.24) is 0 Å². The van der Waals surface area contributed by atoms with Crippen LogP contribution in [-0.2, 0) is 9.53 Å². The van der Waals surface area contributed by atoms with Crippen molar-refractivity contribution >= 4 is 40.9 Å². The van der Waals surface area contributed by atoms with Crippen LogP contribution in [0.2, 0.25) is 5.02 Å². The van der Waals surface area contributed by atoms with Crippen molar-refractivity contribution in [2.24, 2.45) is 0 Å². The third-order valence-electron chi connectivity index (χ3n) is 3.82. The Balaban J connectivity index is 2.05. The highest BCUT2D eigenvalue weighted by Gasteiger charge is 2.35. The van der Waals surface area contributed by atoms with Crippen molar-refractivity contribution in [3.8, 4) is 0 Å². The number of esters is 1. The van der Waals surface area contributed by atoms with Crippen LogP contribution in [0.15, 0.2) is 47.4 Å². The lowest BCUT2D eigenvalue weighted by Crippen LogP contribution is -2.43. The molecule has 0 saturated heterocycles. The van der Waals surface area contributed by atoms with Crippen molar-refractivity contribution in [3.05, 3.63) is 58.6 Å². The molecule has 2 aromatic rings. The molecule has 6 heteroatoms. The van der Waals surface area contributed by atoms with Crippen LogP contribution < -0.4 is 4.90 Å². The molecule has 3 rings (SSSR count). The number of halogens is 1. The maximum Gasteiger partial charge on any atom is 0.308 e. The highest BCUT2D eigenvalue weighted by atomic mass is 35.5. The number of anilines is 1. The molecule has 0 saturated carbocycles. The molecule has 1 aliphatic heterocycles. The first-order valence-corrected chi connectivity index (χ1v) is 8.68. The summed E-state index contributed by atoms with van der Waals surface area (Å²) in [7, 11) is 1.35. The Bertz CT molecular complexity index is 791. The smallest absolute Gasteiger partial charge is 0.308 e. The van der Waals surface area contributed by atoms with Gasteiger partial charge in [0, 0.05) is 15.6 Å². The second-order valence-electron chi connectivity index (χ2n) is 5.50. The van der Waals surface area contributed by atoms with Crippen LogP contribution in [0.25, 0.3) is 0 Å². The van der Waals surface area contributed by atoms with Crippen LogP contribution in [0.4, 0.5) is 5.69 Å². The van der Waals surface area contributed by atoms with Crippen LogP contribution in [-0.4, -0.2) is 24.4 Å². The van der Waals surface area contributed by atoms with Gasteiger partial charge in [0.05, 0.1) is 24.5 Å². The van der Waals surface area contributed by atoms with E-state index in [2.05, 4.69) is 0 Å². The molecule has 24 heavy (non-hydrogen) atoms. The molecule has 1 aliphatic rings. The Morgan fingerprint density at radius 1 is 1.25 bits per heavy atom. The van der Waals surface area contributed by atoms with Gasteiger partial charge >= 0.3 is 5.97 Å². The Kier molecular flexibility index (Phi) is 4.83. The normalized spacial score (nSPS) is 16.7. The fraction of sp³-hybridized carbons (Fsp3) is 0.222. The summed E-state index contributed by atoms with van der Waals surface area (Å²) in [6, 6.07) is 12.9. The van der Waals surface area contributed by atoms with E-state index in [4.69, 9.17) is 16.3 Å². The predicted molar refractivity (Wildman–Crippen MR) is 95.7 cm³/mol. The van der Waals surface area contributed by atoms with Gasteiger partial charge in [-0.2, -0.15) is 0 Å². The van der Waals surface area contributed by atoms with Crippen molar-refractivity contribution in [3.63, 3.8) is 0 Å². The van der Waals surface area contributed by atoms with E-state index in [1.807, 2.05) is 37.3 Å². The highest BCUT2D eigenvalue weighted by Crippen LogP contribution is 2.40. The molecule has 1 heterocycles. The van der Waals surface area contributed by atoms with E-state index in [1.54, 1.807) is 17.0 Å². The zero-order chi connectivity index (χ0) is 17.3. The van der Waals surface area contributed by atoms with Crippen LogP contribution in [0, 0.1) is 6.92 Å². The Morgan fingerprint density at radius 2 is 1.96 bits per heavy atom. The minimum atomic E-state index is -0.360. The van der Waals surface area contributed by atoms with E-state index in [1.165, 1.54) is 18.9 Å². The number of thioether (sulfide) groups is 1. The molecular formula is C18H16ClNO3S. The number of benzene rings is 2. The summed E-state index contributed by atoms with van der Waals surface area (Å²) in [6.45, 7) is 1.98. The number of aryl methyl sites for hydroxylation is 1. The minimum Gasteiger partial charge on any atom is -0.469 e. The molecule has 0 radical (unpaired) electrons. The fourth-order valence-corrected chi connectivity index (χ4v) is 4.01.